The summed E-state index contributed by atoms with van der Waals surface area (Å²) in [4.78, 5) is 0. The van der Waals surface area contributed by atoms with Gasteiger partial charge in [0.1, 0.15) is 0 Å². The topological polar surface area (TPSA) is 12.0 Å². The third kappa shape index (κ3) is 5.64. The van der Waals surface area contributed by atoms with Crippen LogP contribution in [0.1, 0.15) is 60.8 Å². The van der Waals surface area contributed by atoms with Crippen LogP contribution in [0.15, 0.2) is 0 Å². The zero-order chi connectivity index (χ0) is 11.1. The van der Waals surface area contributed by atoms with E-state index in [0.717, 1.165) is 11.8 Å². The van der Waals surface area contributed by atoms with E-state index in [9.17, 15) is 0 Å². The summed E-state index contributed by atoms with van der Waals surface area (Å²) in [5, 5.41) is 3.71. The highest BCUT2D eigenvalue weighted by atomic mass is 14.9. The molecule has 0 fully saturated rings. The summed E-state index contributed by atoms with van der Waals surface area (Å²) in [6, 6.07) is 1.32. The predicted molar refractivity (Wildman–Crippen MR) is 65.6 cm³/mol. The summed E-state index contributed by atoms with van der Waals surface area (Å²) in [5.41, 5.74) is 0. The summed E-state index contributed by atoms with van der Waals surface area (Å²) >= 11 is 0. The molecule has 0 aromatic heterocycles. The van der Waals surface area contributed by atoms with Gasteiger partial charge in [-0.3, -0.25) is 0 Å². The van der Waals surface area contributed by atoms with E-state index in [2.05, 4.69) is 46.9 Å². The molecule has 1 N–H and O–H groups in total. The van der Waals surface area contributed by atoms with Gasteiger partial charge in [0.05, 0.1) is 0 Å². The molecule has 0 amide bonds. The van der Waals surface area contributed by atoms with Crippen molar-refractivity contribution in [3.05, 3.63) is 0 Å². The van der Waals surface area contributed by atoms with E-state index in [1.807, 2.05) is 0 Å². The van der Waals surface area contributed by atoms with Crippen molar-refractivity contribution in [2.75, 3.05) is 0 Å². The first kappa shape index (κ1) is 14.0. The summed E-state index contributed by atoms with van der Waals surface area (Å²) in [6.07, 6.45) is 3.86. The molecule has 14 heavy (non-hydrogen) atoms. The third-order valence-corrected chi connectivity index (χ3v) is 3.13. The van der Waals surface area contributed by atoms with Gasteiger partial charge in [0.2, 0.25) is 0 Å². The van der Waals surface area contributed by atoms with Crippen LogP contribution in [-0.4, -0.2) is 12.1 Å². The fraction of sp³-hybridized carbons (Fsp3) is 1.00. The maximum atomic E-state index is 3.71. The van der Waals surface area contributed by atoms with Crippen LogP contribution in [0.2, 0.25) is 0 Å². The molecule has 0 aromatic rings. The van der Waals surface area contributed by atoms with Crippen LogP contribution in [0.4, 0.5) is 0 Å². The lowest BCUT2D eigenvalue weighted by Gasteiger charge is -2.27. The van der Waals surface area contributed by atoms with Gasteiger partial charge < -0.3 is 5.32 Å². The van der Waals surface area contributed by atoms with Crippen molar-refractivity contribution < 1.29 is 0 Å². The van der Waals surface area contributed by atoms with Gasteiger partial charge in [-0.2, -0.15) is 0 Å². The molecule has 0 rings (SSSR count). The van der Waals surface area contributed by atoms with Crippen molar-refractivity contribution in [3.63, 3.8) is 0 Å². The van der Waals surface area contributed by atoms with E-state index >= 15 is 0 Å². The molecule has 0 aliphatic rings. The Labute approximate surface area is 90.7 Å². The van der Waals surface area contributed by atoms with E-state index in [0.29, 0.717) is 12.1 Å². The van der Waals surface area contributed by atoms with Crippen LogP contribution < -0.4 is 5.32 Å². The zero-order valence-corrected chi connectivity index (χ0v) is 10.9. The first-order valence-electron chi connectivity index (χ1n) is 6.27. The maximum Gasteiger partial charge on any atom is 0.00692 e. The van der Waals surface area contributed by atoms with E-state index in [-0.39, 0.29) is 0 Å². The van der Waals surface area contributed by atoms with E-state index in [1.54, 1.807) is 0 Å². The maximum absolute atomic E-state index is 3.71. The Morgan fingerprint density at radius 2 is 1.43 bits per heavy atom. The van der Waals surface area contributed by atoms with Crippen LogP contribution in [-0.2, 0) is 0 Å². The summed E-state index contributed by atoms with van der Waals surface area (Å²) in [5.74, 6) is 1.64. The van der Waals surface area contributed by atoms with Crippen molar-refractivity contribution in [3.8, 4) is 0 Å². The molecule has 0 radical (unpaired) electrons. The second-order valence-corrected chi connectivity index (χ2v) is 5.06. The highest BCUT2D eigenvalue weighted by Gasteiger charge is 2.15. The minimum atomic E-state index is 0.658. The van der Waals surface area contributed by atoms with Gasteiger partial charge in [-0.25, -0.2) is 0 Å². The van der Waals surface area contributed by atoms with Gasteiger partial charge in [0.25, 0.3) is 0 Å². The highest BCUT2D eigenvalue weighted by molar-refractivity contribution is 4.74. The van der Waals surface area contributed by atoms with Gasteiger partial charge in [0, 0.05) is 12.1 Å². The molecular weight excluding hydrogens is 170 g/mol. The Morgan fingerprint density at radius 1 is 0.929 bits per heavy atom. The number of hydrogen-bond donors (Lipinski definition) is 1. The van der Waals surface area contributed by atoms with Crippen LogP contribution in [0.5, 0.6) is 0 Å². The first-order chi connectivity index (χ1) is 6.51. The minimum absolute atomic E-state index is 0.658. The van der Waals surface area contributed by atoms with Gasteiger partial charge >= 0.3 is 0 Å². The lowest BCUT2D eigenvalue weighted by molar-refractivity contribution is 0.309. The van der Waals surface area contributed by atoms with Crippen LogP contribution >= 0.6 is 0 Å². The molecule has 1 nitrogen and oxygen atoms in total. The van der Waals surface area contributed by atoms with Crippen LogP contribution in [0.3, 0.4) is 0 Å². The number of rotatable bonds is 7. The Bertz CT molecular complexity index is 127. The van der Waals surface area contributed by atoms with Crippen molar-refractivity contribution in [1.82, 2.24) is 5.32 Å². The van der Waals surface area contributed by atoms with E-state index in [1.165, 1.54) is 19.3 Å². The molecule has 0 heterocycles. The molecule has 2 atom stereocenters. The molecule has 0 aromatic carbocycles. The molecule has 0 saturated carbocycles. The largest absolute Gasteiger partial charge is 0.311 e. The minimum Gasteiger partial charge on any atom is -0.311 e. The molecular formula is C13H29N. The second kappa shape index (κ2) is 7.28. The number of nitrogens with one attached hydrogen (secondary N) is 1. The number of hydrogen-bond acceptors (Lipinski definition) is 1. The fourth-order valence-electron chi connectivity index (χ4n) is 2.36. The van der Waals surface area contributed by atoms with Gasteiger partial charge in [-0.1, -0.05) is 40.5 Å². The summed E-state index contributed by atoms with van der Waals surface area (Å²) in [6.45, 7) is 13.8. The average molecular weight is 199 g/mol. The molecule has 1 heteroatoms. The summed E-state index contributed by atoms with van der Waals surface area (Å²) < 4.78 is 0. The average Bonchev–Trinajstić information content (AvgIpc) is 2.04. The third-order valence-electron chi connectivity index (χ3n) is 3.13. The van der Waals surface area contributed by atoms with E-state index in [4.69, 9.17) is 0 Å². The molecule has 2 unspecified atom stereocenters. The van der Waals surface area contributed by atoms with Gasteiger partial charge in [-0.05, 0) is 32.1 Å². The fourth-order valence-corrected chi connectivity index (χ4v) is 2.36. The molecule has 0 aliphatic carbocycles. The van der Waals surface area contributed by atoms with Crippen molar-refractivity contribution >= 4 is 0 Å². The normalized spacial score (nSPS) is 16.3. The SMILES string of the molecule is CCC(CC)C(C)NC(C)CC(C)C. The zero-order valence-electron chi connectivity index (χ0n) is 10.9. The molecule has 0 saturated heterocycles. The molecule has 0 spiro atoms. The standard InChI is InChI=1S/C13H29N/c1-7-13(8-2)12(6)14-11(5)9-10(3)4/h10-14H,7-9H2,1-6H3. The molecule has 0 aliphatic heterocycles. The highest BCUT2D eigenvalue weighted by Crippen LogP contribution is 2.14. The Balaban J connectivity index is 3.84. The van der Waals surface area contributed by atoms with Gasteiger partial charge in [0.15, 0.2) is 0 Å². The lowest BCUT2D eigenvalue weighted by atomic mass is 9.94. The van der Waals surface area contributed by atoms with Crippen LogP contribution in [0, 0.1) is 11.8 Å². The molecule has 86 valence electrons. The Hall–Kier alpha value is -0.0400. The van der Waals surface area contributed by atoms with Gasteiger partial charge in [-0.15, -0.1) is 0 Å². The lowest BCUT2D eigenvalue weighted by Crippen LogP contribution is -2.39. The molecule has 0 bridgehead atoms. The quantitative estimate of drug-likeness (QED) is 0.657. The second-order valence-electron chi connectivity index (χ2n) is 5.06. The van der Waals surface area contributed by atoms with Crippen molar-refractivity contribution in [2.45, 2.75) is 72.9 Å². The Morgan fingerprint density at radius 3 is 1.79 bits per heavy atom. The van der Waals surface area contributed by atoms with Crippen molar-refractivity contribution in [2.24, 2.45) is 11.8 Å². The smallest absolute Gasteiger partial charge is 0.00692 e. The summed E-state index contributed by atoms with van der Waals surface area (Å²) in [7, 11) is 0. The van der Waals surface area contributed by atoms with Crippen LogP contribution in [0.25, 0.3) is 0 Å². The van der Waals surface area contributed by atoms with Crippen molar-refractivity contribution in [1.29, 1.82) is 0 Å². The Kier molecular flexibility index (Phi) is 7.26. The first-order valence-corrected chi connectivity index (χ1v) is 6.27. The monoisotopic (exact) mass is 199 g/mol. The predicted octanol–water partition coefficient (Wildman–Crippen LogP) is 3.84. The van der Waals surface area contributed by atoms with E-state index < -0.39 is 0 Å².